The van der Waals surface area contributed by atoms with Crippen molar-refractivity contribution in [3.63, 3.8) is 0 Å². The van der Waals surface area contributed by atoms with Crippen LogP contribution in [-0.4, -0.2) is 39.6 Å². The number of carbonyl (C=O) groups is 1. The monoisotopic (exact) mass is 283 g/mol. The van der Waals surface area contributed by atoms with Gasteiger partial charge in [0, 0.05) is 35.7 Å². The van der Waals surface area contributed by atoms with Gasteiger partial charge in [0.05, 0.1) is 5.56 Å². The van der Waals surface area contributed by atoms with Gasteiger partial charge in [0.15, 0.2) is 0 Å². The molecule has 2 atom stereocenters. The van der Waals surface area contributed by atoms with Gasteiger partial charge in [0.1, 0.15) is 5.82 Å². The highest BCUT2D eigenvalue weighted by atomic mass is 32.2. The third-order valence-electron chi connectivity index (χ3n) is 3.68. The summed E-state index contributed by atoms with van der Waals surface area (Å²) in [6, 6.07) is 4.36. The number of nitrogens with zero attached hydrogens (tertiary/aromatic N) is 1. The Labute approximate surface area is 116 Å². The van der Waals surface area contributed by atoms with Crippen LogP contribution in [0.2, 0.25) is 0 Å². The quantitative estimate of drug-likeness (QED) is 0.926. The summed E-state index contributed by atoms with van der Waals surface area (Å²) in [5.74, 6) is -0.314. The van der Waals surface area contributed by atoms with Crippen molar-refractivity contribution in [1.29, 1.82) is 0 Å². The lowest BCUT2D eigenvalue weighted by Gasteiger charge is -2.37. The smallest absolute Gasteiger partial charge is 0.335 e. The van der Waals surface area contributed by atoms with Crippen LogP contribution < -0.4 is 0 Å². The first-order valence-electron chi connectivity index (χ1n) is 6.36. The number of hydrogen-bond acceptors (Lipinski definition) is 3. The minimum atomic E-state index is -1.02. The van der Waals surface area contributed by atoms with E-state index in [4.69, 9.17) is 5.11 Å². The molecule has 0 aromatic heterocycles. The zero-order valence-corrected chi connectivity index (χ0v) is 11.9. The Kier molecular flexibility index (Phi) is 4.47. The fourth-order valence-electron chi connectivity index (χ4n) is 2.27. The molecule has 2 rings (SSSR count). The van der Waals surface area contributed by atoms with E-state index in [-0.39, 0.29) is 11.4 Å². The van der Waals surface area contributed by atoms with Gasteiger partial charge in [-0.15, -0.1) is 0 Å². The second-order valence-electron chi connectivity index (χ2n) is 4.90. The summed E-state index contributed by atoms with van der Waals surface area (Å²) in [4.78, 5) is 13.1. The second kappa shape index (κ2) is 5.92. The molecule has 0 saturated carbocycles. The molecule has 0 aliphatic carbocycles. The Bertz CT molecular complexity index is 481. The minimum absolute atomic E-state index is 0.142. The van der Waals surface area contributed by atoms with E-state index in [0.29, 0.717) is 23.4 Å². The number of hydrogen-bond donors (Lipinski definition) is 1. The van der Waals surface area contributed by atoms with Crippen LogP contribution in [0.3, 0.4) is 0 Å². The van der Waals surface area contributed by atoms with E-state index in [1.54, 1.807) is 0 Å². The Balaban J connectivity index is 2.18. The summed E-state index contributed by atoms with van der Waals surface area (Å²) in [6.07, 6.45) is 0. The van der Waals surface area contributed by atoms with Crippen LogP contribution in [-0.2, 0) is 6.54 Å². The fraction of sp³-hybridized carbons (Fsp3) is 0.500. The average molecular weight is 283 g/mol. The first kappa shape index (κ1) is 14.3. The lowest BCUT2D eigenvalue weighted by Crippen LogP contribution is -2.44. The zero-order valence-electron chi connectivity index (χ0n) is 11.1. The van der Waals surface area contributed by atoms with Crippen LogP contribution in [0, 0.1) is 5.82 Å². The van der Waals surface area contributed by atoms with E-state index < -0.39 is 5.97 Å². The predicted octanol–water partition coefficient (Wildman–Crippen LogP) is 2.85. The van der Waals surface area contributed by atoms with Gasteiger partial charge < -0.3 is 5.11 Å². The number of aromatic carboxylic acids is 1. The lowest BCUT2D eigenvalue weighted by molar-refractivity contribution is 0.0696. The summed E-state index contributed by atoms with van der Waals surface area (Å²) in [5.41, 5.74) is 0.606. The molecule has 1 saturated heterocycles. The van der Waals surface area contributed by atoms with E-state index in [1.807, 2.05) is 11.8 Å². The van der Waals surface area contributed by atoms with E-state index in [9.17, 15) is 9.18 Å². The molecule has 1 fully saturated rings. The third kappa shape index (κ3) is 3.28. The van der Waals surface area contributed by atoms with Crippen LogP contribution in [0.5, 0.6) is 0 Å². The second-order valence-corrected chi connectivity index (χ2v) is 6.38. The molecule has 1 aromatic rings. The minimum Gasteiger partial charge on any atom is -0.478 e. The Morgan fingerprint density at radius 1 is 1.53 bits per heavy atom. The lowest BCUT2D eigenvalue weighted by atomic mass is 10.1. The summed E-state index contributed by atoms with van der Waals surface area (Å²) in [5, 5.41) is 9.47. The number of carboxylic acid groups (broad SMARTS) is 1. The van der Waals surface area contributed by atoms with Gasteiger partial charge in [-0.1, -0.05) is 6.92 Å². The van der Waals surface area contributed by atoms with E-state index >= 15 is 0 Å². The van der Waals surface area contributed by atoms with Gasteiger partial charge in [0.25, 0.3) is 0 Å². The highest BCUT2D eigenvalue weighted by Crippen LogP contribution is 2.26. The SMILES string of the molecule is CC1SCCN(Cc2cc(C(=O)O)ccc2F)C1C. The number of rotatable bonds is 3. The highest BCUT2D eigenvalue weighted by molar-refractivity contribution is 8.00. The molecule has 0 radical (unpaired) electrons. The van der Waals surface area contributed by atoms with Crippen molar-refractivity contribution >= 4 is 17.7 Å². The van der Waals surface area contributed by atoms with Crippen LogP contribution in [0.25, 0.3) is 0 Å². The number of halogens is 1. The van der Waals surface area contributed by atoms with Crippen LogP contribution in [0.4, 0.5) is 4.39 Å². The number of benzene rings is 1. The topological polar surface area (TPSA) is 40.5 Å². The summed E-state index contributed by atoms with van der Waals surface area (Å²) < 4.78 is 13.8. The van der Waals surface area contributed by atoms with Crippen LogP contribution in [0.15, 0.2) is 18.2 Å². The third-order valence-corrected chi connectivity index (χ3v) is 5.02. The maximum absolute atomic E-state index is 13.8. The largest absolute Gasteiger partial charge is 0.478 e. The van der Waals surface area contributed by atoms with Gasteiger partial charge in [0.2, 0.25) is 0 Å². The van der Waals surface area contributed by atoms with Crippen LogP contribution in [0.1, 0.15) is 29.8 Å². The maximum Gasteiger partial charge on any atom is 0.335 e. The van der Waals surface area contributed by atoms with E-state index in [2.05, 4.69) is 18.7 Å². The van der Waals surface area contributed by atoms with Gasteiger partial charge in [-0.2, -0.15) is 11.8 Å². The molecule has 3 nitrogen and oxygen atoms in total. The first-order chi connectivity index (χ1) is 8.99. The Morgan fingerprint density at radius 3 is 2.95 bits per heavy atom. The van der Waals surface area contributed by atoms with Crippen LogP contribution >= 0.6 is 11.8 Å². The molecular weight excluding hydrogens is 265 g/mol. The predicted molar refractivity (Wildman–Crippen MR) is 75.2 cm³/mol. The molecule has 5 heteroatoms. The normalized spacial score (nSPS) is 24.4. The summed E-state index contributed by atoms with van der Waals surface area (Å²) >= 11 is 1.92. The molecule has 2 unspecified atom stereocenters. The van der Waals surface area contributed by atoms with Gasteiger partial charge in [-0.3, -0.25) is 4.90 Å². The molecule has 19 heavy (non-hydrogen) atoms. The van der Waals surface area contributed by atoms with Gasteiger partial charge >= 0.3 is 5.97 Å². The Morgan fingerprint density at radius 2 is 2.26 bits per heavy atom. The summed E-state index contributed by atoms with van der Waals surface area (Å²) in [7, 11) is 0. The van der Waals surface area contributed by atoms with Crippen molar-refractivity contribution in [2.45, 2.75) is 31.7 Å². The molecule has 1 aromatic carbocycles. The molecule has 0 spiro atoms. The van der Waals surface area contributed by atoms with Crippen molar-refractivity contribution in [3.8, 4) is 0 Å². The molecule has 1 N–H and O–H groups in total. The van der Waals surface area contributed by atoms with E-state index in [0.717, 1.165) is 12.3 Å². The van der Waals surface area contributed by atoms with Crippen molar-refractivity contribution in [1.82, 2.24) is 4.90 Å². The summed E-state index contributed by atoms with van der Waals surface area (Å²) in [6.45, 7) is 5.69. The molecule has 0 bridgehead atoms. The molecule has 104 valence electrons. The molecular formula is C14H18FNO2S. The highest BCUT2D eigenvalue weighted by Gasteiger charge is 2.25. The van der Waals surface area contributed by atoms with Crippen molar-refractivity contribution in [3.05, 3.63) is 35.1 Å². The standard InChI is InChI=1S/C14H18FNO2S/c1-9-10(2)19-6-5-16(9)8-12-7-11(14(17)18)3-4-13(12)15/h3-4,7,9-10H,5-6,8H2,1-2H3,(H,17,18). The first-order valence-corrected chi connectivity index (χ1v) is 7.41. The zero-order chi connectivity index (χ0) is 14.0. The maximum atomic E-state index is 13.8. The Hall–Kier alpha value is -1.07. The fourth-order valence-corrected chi connectivity index (χ4v) is 3.43. The molecule has 1 heterocycles. The molecule has 1 aliphatic rings. The number of carboxylic acids is 1. The van der Waals surface area contributed by atoms with Crippen molar-refractivity contribution in [2.75, 3.05) is 12.3 Å². The van der Waals surface area contributed by atoms with Gasteiger partial charge in [-0.05, 0) is 25.1 Å². The number of thioether (sulfide) groups is 1. The molecule has 1 aliphatic heterocycles. The average Bonchev–Trinajstić information content (AvgIpc) is 2.37. The van der Waals surface area contributed by atoms with E-state index in [1.165, 1.54) is 18.2 Å². The van der Waals surface area contributed by atoms with Crippen molar-refractivity contribution < 1.29 is 14.3 Å². The van der Waals surface area contributed by atoms with Gasteiger partial charge in [-0.25, -0.2) is 9.18 Å². The molecule has 0 amide bonds. The van der Waals surface area contributed by atoms with Crippen molar-refractivity contribution in [2.24, 2.45) is 0 Å².